The van der Waals surface area contributed by atoms with Crippen LogP contribution in [-0.4, -0.2) is 22.8 Å². The van der Waals surface area contributed by atoms with Crippen LogP contribution in [0.25, 0.3) is 0 Å². The van der Waals surface area contributed by atoms with Gasteiger partial charge in [-0.25, -0.2) is 0 Å². The van der Waals surface area contributed by atoms with E-state index in [4.69, 9.17) is 8.85 Å². The highest BCUT2D eigenvalue weighted by Gasteiger charge is 2.56. The molecule has 0 N–H and O–H groups in total. The minimum Gasteiger partial charge on any atom is -0.397 e. The Hall–Kier alpha value is 0.137. The normalized spacial score (nSPS) is 40.6. The third-order valence-corrected chi connectivity index (χ3v) is 10.9. The Labute approximate surface area is 120 Å². The first-order chi connectivity index (χ1) is 9.05. The van der Waals surface area contributed by atoms with Crippen molar-refractivity contribution in [3.05, 3.63) is 0 Å². The zero-order valence-electron chi connectivity index (χ0n) is 13.4. The van der Waals surface area contributed by atoms with E-state index in [-0.39, 0.29) is 0 Å². The summed E-state index contributed by atoms with van der Waals surface area (Å²) in [4.78, 5) is 0. The first kappa shape index (κ1) is 15.5. The summed E-state index contributed by atoms with van der Waals surface area (Å²) in [6.45, 7) is 7.23. The lowest BCUT2D eigenvalue weighted by Gasteiger charge is -2.45. The van der Waals surface area contributed by atoms with Gasteiger partial charge in [0.25, 0.3) is 0 Å². The van der Waals surface area contributed by atoms with Gasteiger partial charge in [0.15, 0.2) is 0 Å². The summed E-state index contributed by atoms with van der Waals surface area (Å²) in [6.07, 6.45) is 8.12. The summed E-state index contributed by atoms with van der Waals surface area (Å²) in [5.74, 6) is 2.40. The van der Waals surface area contributed by atoms with E-state index in [2.05, 4.69) is 20.8 Å². The summed E-state index contributed by atoms with van der Waals surface area (Å²) in [6, 6.07) is 0. The zero-order valence-corrected chi connectivity index (χ0v) is 14.4. The van der Waals surface area contributed by atoms with Crippen molar-refractivity contribution in [3.63, 3.8) is 0 Å². The third-order valence-electron chi connectivity index (χ3n) is 5.91. The molecule has 112 valence electrons. The molecule has 2 aliphatic rings. The topological polar surface area (TPSA) is 18.5 Å². The van der Waals surface area contributed by atoms with Crippen molar-refractivity contribution in [2.45, 2.75) is 70.4 Å². The van der Waals surface area contributed by atoms with Crippen LogP contribution >= 0.6 is 0 Å². The van der Waals surface area contributed by atoms with Crippen LogP contribution in [0.3, 0.4) is 0 Å². The monoisotopic (exact) mass is 284 g/mol. The average molecular weight is 285 g/mol. The molecule has 2 nitrogen and oxygen atoms in total. The Bertz CT molecular complexity index is 280. The fourth-order valence-electron chi connectivity index (χ4n) is 5.00. The van der Waals surface area contributed by atoms with E-state index in [9.17, 15) is 0 Å². The maximum absolute atomic E-state index is 6.22. The quantitative estimate of drug-likeness (QED) is 0.694. The lowest BCUT2D eigenvalue weighted by atomic mass is 9.90. The lowest BCUT2D eigenvalue weighted by molar-refractivity contribution is 0.181. The third kappa shape index (κ3) is 2.79. The Morgan fingerprint density at radius 3 is 1.89 bits per heavy atom. The summed E-state index contributed by atoms with van der Waals surface area (Å²) >= 11 is 0. The first-order valence-corrected chi connectivity index (χ1v) is 10.1. The number of hydrogen-bond donors (Lipinski definition) is 0. The second-order valence-corrected chi connectivity index (χ2v) is 10.9. The molecule has 0 bridgehead atoms. The highest BCUT2D eigenvalue weighted by molar-refractivity contribution is 6.70. The predicted octanol–water partition coefficient (Wildman–Crippen LogP) is 4.74. The minimum absolute atomic E-state index is 0.692. The Morgan fingerprint density at radius 2 is 1.42 bits per heavy atom. The van der Waals surface area contributed by atoms with Crippen LogP contribution in [0.1, 0.15) is 59.3 Å². The molecule has 2 rings (SSSR count). The summed E-state index contributed by atoms with van der Waals surface area (Å²) in [5.41, 5.74) is 1.40. The van der Waals surface area contributed by atoms with Crippen LogP contribution in [-0.2, 0) is 8.85 Å². The molecule has 0 amide bonds. The van der Waals surface area contributed by atoms with Crippen molar-refractivity contribution >= 4 is 8.56 Å². The van der Waals surface area contributed by atoms with Crippen molar-refractivity contribution < 1.29 is 8.85 Å². The molecule has 4 unspecified atom stereocenters. The van der Waals surface area contributed by atoms with Crippen LogP contribution in [0.15, 0.2) is 0 Å². The van der Waals surface area contributed by atoms with Gasteiger partial charge in [-0.2, -0.15) is 0 Å². The van der Waals surface area contributed by atoms with Gasteiger partial charge in [-0.3, -0.25) is 0 Å². The van der Waals surface area contributed by atoms with Crippen molar-refractivity contribution in [1.29, 1.82) is 0 Å². The molecule has 0 saturated heterocycles. The van der Waals surface area contributed by atoms with Crippen molar-refractivity contribution in [2.24, 2.45) is 17.8 Å². The molecule has 0 radical (unpaired) electrons. The Kier molecular flexibility index (Phi) is 5.13. The molecular formula is C16H32O2Si. The average Bonchev–Trinajstić information content (AvgIpc) is 2.73. The standard InChI is InChI=1S/C16H32O2Si/c1-12-7-6-8-15(11-12)19(17-4,18-5)16-13(2)9-10-14(16)3/h12-16H,6-11H2,1-5H3. The molecule has 2 saturated carbocycles. The molecule has 3 heteroatoms. The highest BCUT2D eigenvalue weighted by Crippen LogP contribution is 2.54. The maximum Gasteiger partial charge on any atom is 0.344 e. The first-order valence-electron chi connectivity index (χ1n) is 8.15. The summed E-state index contributed by atoms with van der Waals surface area (Å²) in [7, 11) is 1.77. The van der Waals surface area contributed by atoms with E-state index in [0.29, 0.717) is 11.1 Å². The summed E-state index contributed by atoms with van der Waals surface area (Å²) < 4.78 is 12.4. The SMILES string of the molecule is CO[Si](OC)(C1CCCC(C)C1)C1C(C)CCC1C. The van der Waals surface area contributed by atoms with Crippen LogP contribution < -0.4 is 0 Å². The van der Waals surface area contributed by atoms with Crippen LogP contribution in [0.2, 0.25) is 11.1 Å². The fraction of sp³-hybridized carbons (Fsp3) is 1.00. The molecule has 19 heavy (non-hydrogen) atoms. The van der Waals surface area contributed by atoms with E-state index in [0.717, 1.165) is 17.8 Å². The smallest absolute Gasteiger partial charge is 0.344 e. The zero-order chi connectivity index (χ0) is 14.0. The van der Waals surface area contributed by atoms with Gasteiger partial charge in [-0.1, -0.05) is 46.5 Å². The second kappa shape index (κ2) is 6.27. The van der Waals surface area contributed by atoms with Crippen molar-refractivity contribution in [3.8, 4) is 0 Å². The van der Waals surface area contributed by atoms with Crippen molar-refractivity contribution in [1.82, 2.24) is 0 Å². The van der Waals surface area contributed by atoms with Crippen LogP contribution in [0.5, 0.6) is 0 Å². The van der Waals surface area contributed by atoms with Gasteiger partial charge in [0.1, 0.15) is 0 Å². The van der Waals surface area contributed by atoms with Gasteiger partial charge in [-0.15, -0.1) is 0 Å². The largest absolute Gasteiger partial charge is 0.397 e. The molecule has 4 atom stereocenters. The van der Waals surface area contributed by atoms with Crippen LogP contribution in [0.4, 0.5) is 0 Å². The fourth-order valence-corrected chi connectivity index (χ4v) is 10.2. The van der Waals surface area contributed by atoms with Crippen LogP contribution in [0, 0.1) is 17.8 Å². The Balaban J connectivity index is 2.25. The van der Waals surface area contributed by atoms with Gasteiger partial charge in [0, 0.05) is 25.3 Å². The van der Waals surface area contributed by atoms with Gasteiger partial charge in [0.2, 0.25) is 0 Å². The predicted molar refractivity (Wildman–Crippen MR) is 82.5 cm³/mol. The molecule has 0 aromatic rings. The van der Waals surface area contributed by atoms with Crippen molar-refractivity contribution in [2.75, 3.05) is 14.2 Å². The van der Waals surface area contributed by atoms with Gasteiger partial charge >= 0.3 is 8.56 Å². The number of rotatable bonds is 4. The lowest BCUT2D eigenvalue weighted by Crippen LogP contribution is -2.53. The van der Waals surface area contributed by atoms with Gasteiger partial charge < -0.3 is 8.85 Å². The molecule has 0 aromatic heterocycles. The molecule has 0 aromatic carbocycles. The molecular weight excluding hydrogens is 252 g/mol. The van der Waals surface area contributed by atoms with E-state index < -0.39 is 8.56 Å². The molecule has 0 spiro atoms. The second-order valence-electron chi connectivity index (χ2n) is 7.16. The van der Waals surface area contributed by atoms with E-state index >= 15 is 0 Å². The molecule has 0 aliphatic heterocycles. The highest BCUT2D eigenvalue weighted by atomic mass is 28.4. The maximum atomic E-state index is 6.22. The van der Waals surface area contributed by atoms with E-state index in [1.54, 1.807) is 0 Å². The molecule has 0 heterocycles. The minimum atomic E-state index is -2.08. The summed E-state index contributed by atoms with van der Waals surface area (Å²) in [5, 5.41) is 0. The number of hydrogen-bond acceptors (Lipinski definition) is 2. The van der Waals surface area contributed by atoms with Gasteiger partial charge in [0.05, 0.1) is 0 Å². The Morgan fingerprint density at radius 1 is 0.842 bits per heavy atom. The molecule has 2 aliphatic carbocycles. The molecule has 2 fully saturated rings. The van der Waals surface area contributed by atoms with Gasteiger partial charge in [-0.05, 0) is 30.6 Å². The van der Waals surface area contributed by atoms with E-state index in [1.807, 2.05) is 14.2 Å². The van der Waals surface area contributed by atoms with E-state index in [1.165, 1.54) is 38.5 Å².